The maximum Gasteiger partial charge on any atom is 0.0951 e. The number of rotatable bonds is 2. The molecule has 0 radical (unpaired) electrons. The fourth-order valence-electron chi connectivity index (χ4n) is 2.98. The van der Waals surface area contributed by atoms with Crippen LogP contribution in [0.2, 0.25) is 0 Å². The summed E-state index contributed by atoms with van der Waals surface area (Å²) in [7, 11) is 0. The van der Waals surface area contributed by atoms with E-state index < -0.39 is 0 Å². The molecule has 2 atom stereocenters. The molecule has 1 fully saturated rings. The maximum atomic E-state index is 10.2. The number of benzene rings is 1. The lowest BCUT2D eigenvalue weighted by atomic mass is 10.0. The van der Waals surface area contributed by atoms with Crippen molar-refractivity contribution in [2.24, 2.45) is 0 Å². The van der Waals surface area contributed by atoms with Crippen LogP contribution in [0.1, 0.15) is 32.1 Å². The number of anilines is 2. The van der Waals surface area contributed by atoms with E-state index in [1.807, 2.05) is 24.3 Å². The number of hydrogen-bond donors (Lipinski definition) is 3. The lowest BCUT2D eigenvalue weighted by Gasteiger charge is -2.23. The summed E-state index contributed by atoms with van der Waals surface area (Å²) in [5.74, 6) is 0. The van der Waals surface area contributed by atoms with E-state index in [1.54, 1.807) is 6.20 Å². The molecule has 0 saturated heterocycles. The van der Waals surface area contributed by atoms with Crippen molar-refractivity contribution in [1.82, 2.24) is 4.98 Å². The van der Waals surface area contributed by atoms with E-state index in [2.05, 4.69) is 10.3 Å². The summed E-state index contributed by atoms with van der Waals surface area (Å²) in [5, 5.41) is 14.7. The predicted octanol–water partition coefficient (Wildman–Crippen LogP) is 2.92. The molecule has 1 saturated carbocycles. The smallest absolute Gasteiger partial charge is 0.0951 e. The number of nitrogens with one attached hydrogen (secondary N) is 1. The second kappa shape index (κ2) is 5.67. The zero-order valence-electron chi connectivity index (χ0n) is 11.5. The number of nitrogens with two attached hydrogens (primary N) is 1. The van der Waals surface area contributed by atoms with Gasteiger partial charge < -0.3 is 16.2 Å². The summed E-state index contributed by atoms with van der Waals surface area (Å²) >= 11 is 0. The second-order valence-electron chi connectivity index (χ2n) is 5.56. The van der Waals surface area contributed by atoms with Gasteiger partial charge in [-0.25, -0.2) is 0 Å². The molecule has 1 heterocycles. The molecule has 4 heteroatoms. The van der Waals surface area contributed by atoms with Crippen molar-refractivity contribution in [3.8, 4) is 0 Å². The van der Waals surface area contributed by atoms with Gasteiger partial charge >= 0.3 is 0 Å². The van der Waals surface area contributed by atoms with Crippen LogP contribution in [-0.4, -0.2) is 22.2 Å². The van der Waals surface area contributed by atoms with Gasteiger partial charge in [-0.3, -0.25) is 4.98 Å². The molecule has 4 nitrogen and oxygen atoms in total. The Labute approximate surface area is 119 Å². The van der Waals surface area contributed by atoms with Gasteiger partial charge in [-0.15, -0.1) is 0 Å². The van der Waals surface area contributed by atoms with Gasteiger partial charge in [0.2, 0.25) is 0 Å². The molecule has 3 rings (SSSR count). The predicted molar refractivity (Wildman–Crippen MR) is 82.7 cm³/mol. The number of nitrogens with zero attached hydrogens (tertiary/aromatic N) is 1. The first-order chi connectivity index (χ1) is 9.75. The molecular weight excluding hydrogens is 250 g/mol. The lowest BCUT2D eigenvalue weighted by Crippen LogP contribution is -2.32. The molecule has 0 bridgehead atoms. The van der Waals surface area contributed by atoms with E-state index in [9.17, 15) is 5.11 Å². The summed E-state index contributed by atoms with van der Waals surface area (Å²) in [4.78, 5) is 4.34. The number of aliphatic hydroxyl groups is 1. The van der Waals surface area contributed by atoms with E-state index in [4.69, 9.17) is 5.73 Å². The standard InChI is InChI=1S/C16H21N3O/c17-12-6-4-5-11-13(9-10-18-16(11)12)19-14-7-2-1-3-8-15(14)20/h4-6,9-10,14-15,20H,1-3,7-8,17H2,(H,18,19). The third-order valence-electron chi connectivity index (χ3n) is 4.12. The zero-order valence-corrected chi connectivity index (χ0v) is 11.5. The summed E-state index contributed by atoms with van der Waals surface area (Å²) in [6.07, 6.45) is 6.87. The first-order valence-corrected chi connectivity index (χ1v) is 7.33. The van der Waals surface area contributed by atoms with Crippen LogP contribution in [0.25, 0.3) is 10.9 Å². The van der Waals surface area contributed by atoms with Crippen molar-refractivity contribution in [2.75, 3.05) is 11.1 Å². The largest absolute Gasteiger partial charge is 0.397 e. The highest BCUT2D eigenvalue weighted by molar-refractivity contribution is 5.97. The van der Waals surface area contributed by atoms with Gasteiger partial charge in [-0.1, -0.05) is 31.4 Å². The molecule has 2 aromatic rings. The number of pyridine rings is 1. The third kappa shape index (κ3) is 2.56. The van der Waals surface area contributed by atoms with Gasteiger partial charge in [0.1, 0.15) is 0 Å². The van der Waals surface area contributed by atoms with Crippen molar-refractivity contribution in [3.05, 3.63) is 30.5 Å². The highest BCUT2D eigenvalue weighted by Gasteiger charge is 2.21. The third-order valence-corrected chi connectivity index (χ3v) is 4.12. The minimum Gasteiger partial charge on any atom is -0.397 e. The van der Waals surface area contributed by atoms with Gasteiger partial charge in [0.15, 0.2) is 0 Å². The van der Waals surface area contributed by atoms with Crippen LogP contribution < -0.4 is 11.1 Å². The number of aromatic nitrogens is 1. The Bertz CT molecular complexity index is 599. The normalized spacial score (nSPS) is 23.4. The van der Waals surface area contributed by atoms with Crippen LogP contribution in [0.5, 0.6) is 0 Å². The zero-order chi connectivity index (χ0) is 13.9. The van der Waals surface area contributed by atoms with Gasteiger partial charge in [0, 0.05) is 17.3 Å². The Balaban J connectivity index is 1.92. The molecular formula is C16H21N3O. The van der Waals surface area contributed by atoms with E-state index in [0.717, 1.165) is 35.9 Å². The van der Waals surface area contributed by atoms with E-state index in [0.29, 0.717) is 5.69 Å². The highest BCUT2D eigenvalue weighted by Crippen LogP contribution is 2.28. The summed E-state index contributed by atoms with van der Waals surface area (Å²) in [5.41, 5.74) is 8.49. The monoisotopic (exact) mass is 271 g/mol. The molecule has 1 aromatic heterocycles. The molecule has 1 aromatic carbocycles. The molecule has 20 heavy (non-hydrogen) atoms. The Hall–Kier alpha value is -1.81. The van der Waals surface area contributed by atoms with Gasteiger partial charge in [0.05, 0.1) is 23.3 Å². The van der Waals surface area contributed by atoms with Crippen molar-refractivity contribution < 1.29 is 5.11 Å². The van der Waals surface area contributed by atoms with E-state index in [1.165, 1.54) is 12.8 Å². The van der Waals surface area contributed by atoms with Gasteiger partial charge in [-0.05, 0) is 25.0 Å². The fourth-order valence-corrected chi connectivity index (χ4v) is 2.98. The highest BCUT2D eigenvalue weighted by atomic mass is 16.3. The summed E-state index contributed by atoms with van der Waals surface area (Å²) in [6.45, 7) is 0. The molecule has 4 N–H and O–H groups in total. The number of nitrogen functional groups attached to an aromatic ring is 1. The first-order valence-electron chi connectivity index (χ1n) is 7.33. The Morgan fingerprint density at radius 2 is 2.00 bits per heavy atom. The second-order valence-corrected chi connectivity index (χ2v) is 5.56. The van der Waals surface area contributed by atoms with Gasteiger partial charge in [-0.2, -0.15) is 0 Å². The van der Waals surface area contributed by atoms with Crippen LogP contribution in [0.15, 0.2) is 30.5 Å². The van der Waals surface area contributed by atoms with Crippen molar-refractivity contribution >= 4 is 22.3 Å². The summed E-state index contributed by atoms with van der Waals surface area (Å²) < 4.78 is 0. The lowest BCUT2D eigenvalue weighted by molar-refractivity contribution is 0.144. The number of aliphatic hydroxyl groups excluding tert-OH is 1. The van der Waals surface area contributed by atoms with E-state index >= 15 is 0 Å². The molecule has 0 spiro atoms. The van der Waals surface area contributed by atoms with Crippen molar-refractivity contribution in [3.63, 3.8) is 0 Å². The van der Waals surface area contributed by atoms with Crippen LogP contribution in [0.3, 0.4) is 0 Å². The van der Waals surface area contributed by atoms with E-state index in [-0.39, 0.29) is 12.1 Å². The topological polar surface area (TPSA) is 71.2 Å². The average molecular weight is 271 g/mol. The molecule has 0 aliphatic heterocycles. The van der Waals surface area contributed by atoms with Crippen molar-refractivity contribution in [1.29, 1.82) is 0 Å². The average Bonchev–Trinajstić information content (AvgIpc) is 2.65. The SMILES string of the molecule is Nc1cccc2c(NC3CCCCCC3O)ccnc12. The number of hydrogen-bond acceptors (Lipinski definition) is 4. The molecule has 2 unspecified atom stereocenters. The Morgan fingerprint density at radius 1 is 1.15 bits per heavy atom. The van der Waals surface area contributed by atoms with Gasteiger partial charge in [0.25, 0.3) is 0 Å². The fraction of sp³-hybridized carbons (Fsp3) is 0.438. The number of para-hydroxylation sites is 1. The van der Waals surface area contributed by atoms with Crippen molar-refractivity contribution in [2.45, 2.75) is 44.2 Å². The first kappa shape index (κ1) is 13.2. The molecule has 1 aliphatic rings. The number of fused-ring (bicyclic) bond motifs is 1. The quantitative estimate of drug-likeness (QED) is 0.580. The van der Waals surface area contributed by atoms with Crippen LogP contribution >= 0.6 is 0 Å². The Morgan fingerprint density at radius 3 is 2.90 bits per heavy atom. The molecule has 0 amide bonds. The molecule has 106 valence electrons. The van der Waals surface area contributed by atoms with Crippen LogP contribution in [-0.2, 0) is 0 Å². The van der Waals surface area contributed by atoms with Crippen LogP contribution in [0.4, 0.5) is 11.4 Å². The van der Waals surface area contributed by atoms with Crippen LogP contribution in [0, 0.1) is 0 Å². The minimum absolute atomic E-state index is 0.115. The maximum absolute atomic E-state index is 10.2. The Kier molecular flexibility index (Phi) is 3.74. The summed E-state index contributed by atoms with van der Waals surface area (Å²) in [6, 6.07) is 7.89. The minimum atomic E-state index is -0.276. The molecule has 1 aliphatic carbocycles.